The molecule has 0 N–H and O–H groups in total. The third kappa shape index (κ3) is 4.13. The van der Waals surface area contributed by atoms with Crippen LogP contribution in [-0.4, -0.2) is 43.2 Å². The topological polar surface area (TPSA) is 38.8 Å². The van der Waals surface area contributed by atoms with Crippen molar-refractivity contribution in [3.05, 3.63) is 65.2 Å². The molecule has 1 unspecified atom stereocenters. The molecule has 1 fully saturated rings. The molecule has 1 aliphatic heterocycles. The molecule has 1 heterocycles. The second-order valence-electron chi connectivity index (χ2n) is 5.76. The van der Waals surface area contributed by atoms with Gasteiger partial charge in [-0.15, -0.1) is 0 Å². The second-order valence-corrected chi connectivity index (χ2v) is 5.76. The van der Waals surface area contributed by atoms with Crippen molar-refractivity contribution in [2.75, 3.05) is 26.3 Å². The van der Waals surface area contributed by atoms with Crippen LogP contribution in [0.4, 0.5) is 17.6 Å². The minimum Gasteiger partial charge on any atom is -0.491 e. The van der Waals surface area contributed by atoms with Gasteiger partial charge in [0.05, 0.1) is 18.7 Å². The fraction of sp³-hybridized carbons (Fsp3) is 0.278. The lowest BCUT2D eigenvalue weighted by molar-refractivity contribution is -0.0402. The van der Waals surface area contributed by atoms with Gasteiger partial charge in [0, 0.05) is 18.7 Å². The molecule has 26 heavy (non-hydrogen) atoms. The zero-order valence-electron chi connectivity index (χ0n) is 13.6. The maximum Gasteiger partial charge on any atom is 0.257 e. The van der Waals surface area contributed by atoms with E-state index in [4.69, 9.17) is 9.47 Å². The Balaban J connectivity index is 1.61. The van der Waals surface area contributed by atoms with Crippen LogP contribution in [0.5, 0.6) is 5.75 Å². The van der Waals surface area contributed by atoms with Crippen LogP contribution in [0.1, 0.15) is 10.4 Å². The number of halogens is 4. The quantitative estimate of drug-likeness (QED) is 0.778. The van der Waals surface area contributed by atoms with Crippen LogP contribution in [0, 0.1) is 23.3 Å². The molecule has 1 atom stereocenters. The van der Waals surface area contributed by atoms with Crippen molar-refractivity contribution in [2.24, 2.45) is 0 Å². The number of ether oxygens (including phenoxy) is 2. The van der Waals surface area contributed by atoms with Crippen LogP contribution in [0.25, 0.3) is 0 Å². The van der Waals surface area contributed by atoms with Gasteiger partial charge in [-0.1, -0.05) is 0 Å². The summed E-state index contributed by atoms with van der Waals surface area (Å²) in [5, 5.41) is 0. The Labute approximate surface area is 146 Å². The Kier molecular flexibility index (Phi) is 5.41. The molecule has 2 aromatic carbocycles. The Bertz CT molecular complexity index is 815. The highest BCUT2D eigenvalue weighted by Gasteiger charge is 2.27. The largest absolute Gasteiger partial charge is 0.491 e. The van der Waals surface area contributed by atoms with E-state index < -0.39 is 35.3 Å². The summed E-state index contributed by atoms with van der Waals surface area (Å²) in [6, 6.07) is 5.89. The zero-order valence-corrected chi connectivity index (χ0v) is 13.6. The summed E-state index contributed by atoms with van der Waals surface area (Å²) in [6.07, 6.45) is -0.524. The second kappa shape index (κ2) is 7.74. The Morgan fingerprint density at radius 2 is 1.88 bits per heavy atom. The minimum absolute atomic E-state index is 0.000746. The van der Waals surface area contributed by atoms with E-state index in [1.807, 2.05) is 0 Å². The number of carbonyl (C=O) groups excluding carboxylic acids is 1. The van der Waals surface area contributed by atoms with Crippen molar-refractivity contribution in [1.29, 1.82) is 0 Å². The van der Waals surface area contributed by atoms with Gasteiger partial charge in [-0.25, -0.2) is 17.6 Å². The Hall–Kier alpha value is -2.61. The average molecular weight is 369 g/mol. The molecular weight excluding hydrogens is 354 g/mol. The fourth-order valence-corrected chi connectivity index (χ4v) is 2.59. The maximum atomic E-state index is 13.8. The van der Waals surface area contributed by atoms with E-state index in [0.717, 1.165) is 24.3 Å². The summed E-state index contributed by atoms with van der Waals surface area (Å²) in [5.74, 6) is -4.17. The zero-order chi connectivity index (χ0) is 18.7. The van der Waals surface area contributed by atoms with Crippen LogP contribution in [-0.2, 0) is 4.74 Å². The lowest BCUT2D eigenvalue weighted by Gasteiger charge is -2.33. The molecule has 0 radical (unpaired) electrons. The first-order valence-corrected chi connectivity index (χ1v) is 7.88. The number of benzene rings is 2. The molecule has 0 saturated carbocycles. The van der Waals surface area contributed by atoms with E-state index in [1.165, 1.54) is 11.0 Å². The summed E-state index contributed by atoms with van der Waals surface area (Å²) in [5.41, 5.74) is -0.228. The van der Waals surface area contributed by atoms with Crippen LogP contribution in [0.2, 0.25) is 0 Å². The van der Waals surface area contributed by atoms with E-state index in [9.17, 15) is 22.4 Å². The monoisotopic (exact) mass is 369 g/mol. The molecule has 1 aliphatic rings. The average Bonchev–Trinajstić information content (AvgIpc) is 2.62. The highest BCUT2D eigenvalue weighted by molar-refractivity contribution is 5.94. The van der Waals surface area contributed by atoms with Gasteiger partial charge in [0.25, 0.3) is 5.91 Å². The smallest absolute Gasteiger partial charge is 0.257 e. The number of morpholine rings is 1. The van der Waals surface area contributed by atoms with Crippen LogP contribution >= 0.6 is 0 Å². The highest BCUT2D eigenvalue weighted by Crippen LogP contribution is 2.18. The molecule has 0 spiro atoms. The van der Waals surface area contributed by atoms with E-state index >= 15 is 0 Å². The number of hydrogen-bond acceptors (Lipinski definition) is 3. The molecule has 8 heteroatoms. The first-order chi connectivity index (χ1) is 12.4. The SMILES string of the molecule is O=C(c1ccc(F)cc1F)N1CCOC(COc2ccc(F)c(F)c2)C1. The molecule has 1 saturated heterocycles. The predicted octanol–water partition coefficient (Wildman–Crippen LogP) is 3.16. The maximum absolute atomic E-state index is 13.8. The molecule has 3 rings (SSSR count). The van der Waals surface area contributed by atoms with E-state index in [-0.39, 0.29) is 37.6 Å². The van der Waals surface area contributed by atoms with E-state index in [1.54, 1.807) is 0 Å². The Morgan fingerprint density at radius 1 is 1.08 bits per heavy atom. The van der Waals surface area contributed by atoms with Gasteiger partial charge in [0.15, 0.2) is 11.6 Å². The number of nitrogens with zero attached hydrogens (tertiary/aromatic N) is 1. The summed E-state index contributed by atoms with van der Waals surface area (Å²) in [4.78, 5) is 13.8. The molecule has 4 nitrogen and oxygen atoms in total. The van der Waals surface area contributed by atoms with Crippen LogP contribution < -0.4 is 4.74 Å². The van der Waals surface area contributed by atoms with Gasteiger partial charge in [-0.05, 0) is 24.3 Å². The molecular formula is C18H15F4NO3. The van der Waals surface area contributed by atoms with Gasteiger partial charge in [0.2, 0.25) is 0 Å². The molecule has 0 aromatic heterocycles. The number of carbonyl (C=O) groups is 1. The first-order valence-electron chi connectivity index (χ1n) is 7.88. The molecule has 138 valence electrons. The van der Waals surface area contributed by atoms with E-state index in [2.05, 4.69) is 0 Å². The number of rotatable bonds is 4. The molecule has 1 amide bonds. The third-order valence-corrected chi connectivity index (χ3v) is 3.91. The van der Waals surface area contributed by atoms with Crippen molar-refractivity contribution >= 4 is 5.91 Å². The van der Waals surface area contributed by atoms with Crippen molar-refractivity contribution in [2.45, 2.75) is 6.10 Å². The summed E-state index contributed by atoms with van der Waals surface area (Å²) in [7, 11) is 0. The van der Waals surface area contributed by atoms with Gasteiger partial charge in [0.1, 0.15) is 30.1 Å². The standard InChI is InChI=1S/C18H15F4NO3/c19-11-1-3-14(16(21)7-11)18(24)23-5-6-25-13(9-23)10-26-12-2-4-15(20)17(22)8-12/h1-4,7-8,13H,5-6,9-10H2. The van der Waals surface area contributed by atoms with Gasteiger partial charge in [-0.3, -0.25) is 4.79 Å². The van der Waals surface area contributed by atoms with Crippen molar-refractivity contribution in [3.8, 4) is 5.75 Å². The lowest BCUT2D eigenvalue weighted by Crippen LogP contribution is -2.47. The summed E-state index contributed by atoms with van der Waals surface area (Å²) >= 11 is 0. The third-order valence-electron chi connectivity index (χ3n) is 3.91. The summed E-state index contributed by atoms with van der Waals surface area (Å²) in [6.45, 7) is 0.581. The normalized spacial score (nSPS) is 17.2. The van der Waals surface area contributed by atoms with Crippen LogP contribution in [0.15, 0.2) is 36.4 Å². The Morgan fingerprint density at radius 3 is 2.62 bits per heavy atom. The van der Waals surface area contributed by atoms with Crippen molar-refractivity contribution in [1.82, 2.24) is 4.90 Å². The first kappa shape index (κ1) is 18.2. The van der Waals surface area contributed by atoms with Gasteiger partial charge in [-0.2, -0.15) is 0 Å². The van der Waals surface area contributed by atoms with Gasteiger partial charge < -0.3 is 14.4 Å². The predicted molar refractivity (Wildman–Crippen MR) is 83.9 cm³/mol. The fourth-order valence-electron chi connectivity index (χ4n) is 2.59. The highest BCUT2D eigenvalue weighted by atomic mass is 19.2. The van der Waals surface area contributed by atoms with Crippen molar-refractivity contribution < 1.29 is 31.8 Å². The molecule has 0 bridgehead atoms. The number of hydrogen-bond donors (Lipinski definition) is 0. The summed E-state index contributed by atoms with van der Waals surface area (Å²) < 4.78 is 63.7. The minimum atomic E-state index is -1.03. The van der Waals surface area contributed by atoms with E-state index in [0.29, 0.717) is 6.07 Å². The van der Waals surface area contributed by atoms with Crippen LogP contribution in [0.3, 0.4) is 0 Å². The molecule has 0 aliphatic carbocycles. The number of amides is 1. The van der Waals surface area contributed by atoms with Crippen molar-refractivity contribution in [3.63, 3.8) is 0 Å². The lowest BCUT2D eigenvalue weighted by atomic mass is 10.1. The molecule has 2 aromatic rings. The van der Waals surface area contributed by atoms with Gasteiger partial charge >= 0.3 is 0 Å².